The van der Waals surface area contributed by atoms with Gasteiger partial charge >= 0.3 is 5.97 Å². The molecule has 5 heteroatoms. The van der Waals surface area contributed by atoms with Crippen molar-refractivity contribution in [1.29, 1.82) is 0 Å². The highest BCUT2D eigenvalue weighted by Crippen LogP contribution is 2.20. The predicted octanol–water partition coefficient (Wildman–Crippen LogP) is 1.74. The zero-order valence-corrected chi connectivity index (χ0v) is 10.3. The number of Topliss-reactive ketones (excluding diaryl/α,β-unsaturated/α-hetero) is 1. The second kappa shape index (κ2) is 5.77. The summed E-state index contributed by atoms with van der Waals surface area (Å²) in [5, 5.41) is 0. The number of aryl methyl sites for hydroxylation is 2. The van der Waals surface area contributed by atoms with Gasteiger partial charge in [0.15, 0.2) is 6.61 Å². The summed E-state index contributed by atoms with van der Waals surface area (Å²) >= 11 is 1.56. The second-order valence-corrected chi connectivity index (χ2v) is 4.80. The third kappa shape index (κ3) is 3.43. The molecule has 0 aromatic carbocycles. The van der Waals surface area contributed by atoms with Gasteiger partial charge in [-0.25, -0.2) is 4.79 Å². The number of ketones is 1. The molecule has 0 N–H and O–H groups in total. The topological polar surface area (TPSA) is 52.6 Å². The molecule has 1 aromatic heterocycles. The first-order chi connectivity index (χ1) is 7.54. The second-order valence-electron chi connectivity index (χ2n) is 3.34. The quantitative estimate of drug-likeness (QED) is 0.583. The van der Waals surface area contributed by atoms with Crippen molar-refractivity contribution in [2.24, 2.45) is 0 Å². The predicted molar refractivity (Wildman–Crippen MR) is 61.0 cm³/mol. The van der Waals surface area contributed by atoms with Gasteiger partial charge in [-0.2, -0.15) is 0 Å². The van der Waals surface area contributed by atoms with E-state index in [1.807, 2.05) is 19.9 Å². The Morgan fingerprint density at radius 3 is 2.50 bits per heavy atom. The van der Waals surface area contributed by atoms with Crippen molar-refractivity contribution in [3.8, 4) is 0 Å². The Hall–Kier alpha value is -1.20. The van der Waals surface area contributed by atoms with E-state index in [2.05, 4.69) is 4.74 Å². The lowest BCUT2D eigenvalue weighted by atomic mass is 10.2. The summed E-state index contributed by atoms with van der Waals surface area (Å²) in [6.45, 7) is 3.46. The van der Waals surface area contributed by atoms with Crippen LogP contribution in [0.4, 0.5) is 0 Å². The van der Waals surface area contributed by atoms with Gasteiger partial charge in [-0.05, 0) is 19.9 Å². The Labute approximate surface area is 98.2 Å². The van der Waals surface area contributed by atoms with Gasteiger partial charge in [0.2, 0.25) is 5.78 Å². The summed E-state index contributed by atoms with van der Waals surface area (Å²) in [4.78, 5) is 24.7. The minimum atomic E-state index is -0.527. The number of carbonyl (C=O) groups is 2. The Morgan fingerprint density at radius 2 is 2.00 bits per heavy atom. The van der Waals surface area contributed by atoms with E-state index in [0.29, 0.717) is 5.56 Å². The van der Waals surface area contributed by atoms with Crippen LogP contribution in [0.3, 0.4) is 0 Å². The first-order valence-corrected chi connectivity index (χ1v) is 5.61. The van der Waals surface area contributed by atoms with Crippen LogP contribution < -0.4 is 0 Å². The molecule has 0 spiro atoms. The Morgan fingerprint density at radius 1 is 1.31 bits per heavy atom. The van der Waals surface area contributed by atoms with Crippen LogP contribution in [0.5, 0.6) is 0 Å². The number of rotatable bonds is 5. The van der Waals surface area contributed by atoms with Gasteiger partial charge in [-0.15, -0.1) is 11.3 Å². The van der Waals surface area contributed by atoms with E-state index < -0.39 is 5.97 Å². The number of methoxy groups -OCH3 is 1. The lowest BCUT2D eigenvalue weighted by Gasteiger charge is -2.02. The molecule has 0 amide bonds. The first kappa shape index (κ1) is 12.9. The first-order valence-electron chi connectivity index (χ1n) is 4.79. The van der Waals surface area contributed by atoms with Crippen molar-refractivity contribution in [2.45, 2.75) is 13.8 Å². The zero-order chi connectivity index (χ0) is 12.1. The van der Waals surface area contributed by atoms with Crippen LogP contribution in [0, 0.1) is 13.8 Å². The maximum absolute atomic E-state index is 11.7. The molecular weight excluding hydrogens is 228 g/mol. The van der Waals surface area contributed by atoms with Gasteiger partial charge in [0.1, 0.15) is 6.61 Å². The molecule has 0 fully saturated rings. The van der Waals surface area contributed by atoms with E-state index in [0.717, 1.165) is 9.75 Å². The number of esters is 1. The Balaban J connectivity index is 2.53. The molecule has 0 saturated carbocycles. The third-order valence-corrected chi connectivity index (χ3v) is 2.93. The summed E-state index contributed by atoms with van der Waals surface area (Å²) < 4.78 is 9.34. The molecule has 0 aliphatic heterocycles. The number of hydrogen-bond donors (Lipinski definition) is 0. The van der Waals surface area contributed by atoms with Crippen LogP contribution in [0.2, 0.25) is 0 Å². The van der Waals surface area contributed by atoms with Crippen molar-refractivity contribution in [1.82, 2.24) is 0 Å². The molecule has 4 nitrogen and oxygen atoms in total. The van der Waals surface area contributed by atoms with E-state index in [1.54, 1.807) is 11.3 Å². The molecule has 0 aliphatic carbocycles. The Bertz CT molecular complexity index is 395. The standard InChI is InChI=1S/C11H14O4S/c1-7-4-9(8(2)16-7)10(12)5-15-11(13)6-14-3/h4H,5-6H2,1-3H3. The highest BCUT2D eigenvalue weighted by molar-refractivity contribution is 7.12. The van der Waals surface area contributed by atoms with Crippen LogP contribution in [0.1, 0.15) is 20.1 Å². The summed E-state index contributed by atoms with van der Waals surface area (Å²) in [6.07, 6.45) is 0. The number of thiophene rings is 1. The monoisotopic (exact) mass is 242 g/mol. The fourth-order valence-electron chi connectivity index (χ4n) is 1.29. The molecule has 88 valence electrons. The molecule has 0 aliphatic rings. The lowest BCUT2D eigenvalue weighted by Crippen LogP contribution is -2.17. The molecule has 0 unspecified atom stereocenters. The van der Waals surface area contributed by atoms with Crippen LogP contribution >= 0.6 is 11.3 Å². The maximum Gasteiger partial charge on any atom is 0.332 e. The number of carbonyl (C=O) groups excluding carboxylic acids is 2. The summed E-state index contributed by atoms with van der Waals surface area (Å²) in [5.41, 5.74) is 0.632. The average molecular weight is 242 g/mol. The van der Waals surface area contributed by atoms with Gasteiger partial charge in [0.05, 0.1) is 0 Å². The van der Waals surface area contributed by atoms with E-state index in [-0.39, 0.29) is 19.0 Å². The van der Waals surface area contributed by atoms with E-state index >= 15 is 0 Å². The minimum absolute atomic E-state index is 0.130. The maximum atomic E-state index is 11.7. The van der Waals surface area contributed by atoms with Gasteiger partial charge in [-0.1, -0.05) is 0 Å². The van der Waals surface area contributed by atoms with Crippen molar-refractivity contribution in [3.63, 3.8) is 0 Å². The molecule has 0 bridgehead atoms. The fourth-order valence-corrected chi connectivity index (χ4v) is 2.23. The Kier molecular flexibility index (Phi) is 4.64. The highest BCUT2D eigenvalue weighted by atomic mass is 32.1. The van der Waals surface area contributed by atoms with Gasteiger partial charge < -0.3 is 9.47 Å². The van der Waals surface area contributed by atoms with Gasteiger partial charge in [-0.3, -0.25) is 4.79 Å². The van der Waals surface area contributed by atoms with E-state index in [4.69, 9.17) is 4.74 Å². The van der Waals surface area contributed by atoms with E-state index in [9.17, 15) is 9.59 Å². The van der Waals surface area contributed by atoms with Gasteiger partial charge in [0.25, 0.3) is 0 Å². The molecule has 0 radical (unpaired) electrons. The summed E-state index contributed by atoms with van der Waals surface area (Å²) in [5.74, 6) is -0.702. The van der Waals surface area contributed by atoms with Crippen molar-refractivity contribution in [2.75, 3.05) is 20.3 Å². The third-order valence-electron chi connectivity index (χ3n) is 1.97. The zero-order valence-electron chi connectivity index (χ0n) is 9.53. The molecule has 1 heterocycles. The molecule has 0 atom stereocenters. The SMILES string of the molecule is COCC(=O)OCC(=O)c1cc(C)sc1C. The highest BCUT2D eigenvalue weighted by Gasteiger charge is 2.14. The van der Waals surface area contributed by atoms with Crippen molar-refractivity contribution in [3.05, 3.63) is 21.4 Å². The van der Waals surface area contributed by atoms with Crippen LogP contribution in [-0.4, -0.2) is 32.1 Å². The van der Waals surface area contributed by atoms with Crippen molar-refractivity contribution >= 4 is 23.1 Å². The van der Waals surface area contributed by atoms with Gasteiger partial charge in [0, 0.05) is 22.4 Å². The summed E-state index contributed by atoms with van der Waals surface area (Å²) in [7, 11) is 1.40. The molecule has 0 saturated heterocycles. The largest absolute Gasteiger partial charge is 0.456 e. The fraction of sp³-hybridized carbons (Fsp3) is 0.455. The molecular formula is C11H14O4S. The normalized spacial score (nSPS) is 10.2. The van der Waals surface area contributed by atoms with Crippen LogP contribution in [0.15, 0.2) is 6.07 Å². The van der Waals surface area contributed by atoms with Crippen molar-refractivity contribution < 1.29 is 19.1 Å². The van der Waals surface area contributed by atoms with Crippen LogP contribution in [-0.2, 0) is 14.3 Å². The average Bonchev–Trinajstić information content (AvgIpc) is 2.55. The number of hydrogen-bond acceptors (Lipinski definition) is 5. The van der Waals surface area contributed by atoms with Crippen LogP contribution in [0.25, 0.3) is 0 Å². The smallest absolute Gasteiger partial charge is 0.332 e. The summed E-state index contributed by atoms with van der Waals surface area (Å²) in [6, 6.07) is 1.81. The molecule has 1 aromatic rings. The molecule has 1 rings (SSSR count). The minimum Gasteiger partial charge on any atom is -0.456 e. The number of ether oxygens (including phenoxy) is 2. The van der Waals surface area contributed by atoms with E-state index in [1.165, 1.54) is 7.11 Å². The lowest BCUT2D eigenvalue weighted by molar-refractivity contribution is -0.146. The molecule has 16 heavy (non-hydrogen) atoms.